The molecule has 1 atom stereocenters. The van der Waals surface area contributed by atoms with Gasteiger partial charge in [0.2, 0.25) is 0 Å². The van der Waals surface area contributed by atoms with Crippen LogP contribution in [0.3, 0.4) is 0 Å². The quantitative estimate of drug-likeness (QED) is 0.775. The van der Waals surface area contributed by atoms with E-state index in [4.69, 9.17) is 4.42 Å². The molecule has 2 heterocycles. The molecule has 0 spiro atoms. The second-order valence-corrected chi connectivity index (χ2v) is 4.57. The van der Waals surface area contributed by atoms with Crippen LogP contribution >= 0.6 is 0 Å². The summed E-state index contributed by atoms with van der Waals surface area (Å²) in [5.74, 6) is 1.84. The zero-order chi connectivity index (χ0) is 13.1. The first-order chi connectivity index (χ1) is 9.33. The standard InChI is InChI=1S/C15H15N3O/c1-11(9-12-5-4-8-19-12)18-15-13-6-2-3-7-14(13)16-10-17-15/h2-8,10-11H,9H2,1H3,(H,16,17,18). The van der Waals surface area contributed by atoms with Gasteiger partial charge < -0.3 is 9.73 Å². The Morgan fingerprint density at radius 2 is 2.05 bits per heavy atom. The molecule has 1 unspecified atom stereocenters. The van der Waals surface area contributed by atoms with Gasteiger partial charge in [-0.1, -0.05) is 12.1 Å². The molecule has 0 aliphatic rings. The Hall–Kier alpha value is -2.36. The zero-order valence-electron chi connectivity index (χ0n) is 10.7. The van der Waals surface area contributed by atoms with Crippen molar-refractivity contribution in [2.75, 3.05) is 5.32 Å². The maximum Gasteiger partial charge on any atom is 0.137 e. The van der Waals surface area contributed by atoms with Gasteiger partial charge in [-0.05, 0) is 31.2 Å². The summed E-state index contributed by atoms with van der Waals surface area (Å²) in [5.41, 5.74) is 0.949. The first-order valence-corrected chi connectivity index (χ1v) is 6.31. The van der Waals surface area contributed by atoms with Crippen LogP contribution in [0.1, 0.15) is 12.7 Å². The number of aromatic nitrogens is 2. The SMILES string of the molecule is CC(Cc1ccco1)Nc1ncnc2ccccc12. The topological polar surface area (TPSA) is 51.0 Å². The van der Waals surface area contributed by atoms with Crippen LogP contribution in [0.25, 0.3) is 10.9 Å². The predicted octanol–water partition coefficient (Wildman–Crippen LogP) is 3.27. The van der Waals surface area contributed by atoms with E-state index in [1.54, 1.807) is 12.6 Å². The first kappa shape index (κ1) is 11.7. The Kier molecular flexibility index (Phi) is 3.14. The molecule has 19 heavy (non-hydrogen) atoms. The Bertz CT molecular complexity index is 659. The Morgan fingerprint density at radius 1 is 1.16 bits per heavy atom. The van der Waals surface area contributed by atoms with Crippen molar-refractivity contribution in [2.24, 2.45) is 0 Å². The summed E-state index contributed by atoms with van der Waals surface area (Å²) in [4.78, 5) is 8.58. The molecule has 0 amide bonds. The van der Waals surface area contributed by atoms with Gasteiger partial charge in [-0.3, -0.25) is 0 Å². The summed E-state index contributed by atoms with van der Waals surface area (Å²) in [6.07, 6.45) is 4.11. The van der Waals surface area contributed by atoms with Crippen LogP contribution in [-0.2, 0) is 6.42 Å². The van der Waals surface area contributed by atoms with Crippen molar-refractivity contribution in [1.82, 2.24) is 9.97 Å². The molecule has 0 saturated heterocycles. The number of anilines is 1. The second-order valence-electron chi connectivity index (χ2n) is 4.57. The molecule has 0 aliphatic carbocycles. The first-order valence-electron chi connectivity index (χ1n) is 6.31. The summed E-state index contributed by atoms with van der Waals surface area (Å²) in [6.45, 7) is 2.11. The number of hydrogen-bond donors (Lipinski definition) is 1. The minimum atomic E-state index is 0.240. The maximum atomic E-state index is 5.36. The summed E-state index contributed by atoms with van der Waals surface area (Å²) in [5, 5.41) is 4.45. The lowest BCUT2D eigenvalue weighted by molar-refractivity contribution is 0.497. The van der Waals surface area contributed by atoms with Crippen molar-refractivity contribution in [2.45, 2.75) is 19.4 Å². The highest BCUT2D eigenvalue weighted by Crippen LogP contribution is 2.19. The molecule has 4 heteroatoms. The van der Waals surface area contributed by atoms with Crippen LogP contribution < -0.4 is 5.32 Å². The lowest BCUT2D eigenvalue weighted by Crippen LogP contribution is -2.18. The highest BCUT2D eigenvalue weighted by atomic mass is 16.3. The smallest absolute Gasteiger partial charge is 0.137 e. The van der Waals surface area contributed by atoms with E-state index in [9.17, 15) is 0 Å². The number of para-hydroxylation sites is 1. The van der Waals surface area contributed by atoms with Gasteiger partial charge in [0.15, 0.2) is 0 Å². The van der Waals surface area contributed by atoms with Crippen LogP contribution in [-0.4, -0.2) is 16.0 Å². The molecule has 3 aromatic rings. The fourth-order valence-electron chi connectivity index (χ4n) is 2.13. The number of rotatable bonds is 4. The summed E-state index contributed by atoms with van der Waals surface area (Å²) < 4.78 is 5.36. The van der Waals surface area contributed by atoms with Crippen molar-refractivity contribution in [3.63, 3.8) is 0 Å². The number of benzene rings is 1. The maximum absolute atomic E-state index is 5.36. The highest BCUT2D eigenvalue weighted by Gasteiger charge is 2.09. The van der Waals surface area contributed by atoms with E-state index in [0.29, 0.717) is 0 Å². The lowest BCUT2D eigenvalue weighted by atomic mass is 10.2. The number of nitrogens with zero attached hydrogens (tertiary/aromatic N) is 2. The molecular formula is C15H15N3O. The molecule has 0 saturated carbocycles. The van der Waals surface area contributed by atoms with E-state index in [-0.39, 0.29) is 6.04 Å². The third-order valence-corrected chi connectivity index (χ3v) is 3.01. The number of nitrogens with one attached hydrogen (secondary N) is 1. The van der Waals surface area contributed by atoms with Crippen molar-refractivity contribution in [3.8, 4) is 0 Å². The zero-order valence-corrected chi connectivity index (χ0v) is 10.7. The van der Waals surface area contributed by atoms with E-state index >= 15 is 0 Å². The van der Waals surface area contributed by atoms with Gasteiger partial charge in [0.05, 0.1) is 11.8 Å². The van der Waals surface area contributed by atoms with Crippen molar-refractivity contribution < 1.29 is 4.42 Å². The number of furan rings is 1. The van der Waals surface area contributed by atoms with Crippen molar-refractivity contribution in [3.05, 3.63) is 54.7 Å². The van der Waals surface area contributed by atoms with Crippen molar-refractivity contribution >= 4 is 16.7 Å². The van der Waals surface area contributed by atoms with Crippen LogP contribution in [0.2, 0.25) is 0 Å². The van der Waals surface area contributed by atoms with E-state index < -0.39 is 0 Å². The molecule has 1 aromatic carbocycles. The van der Waals surface area contributed by atoms with E-state index in [2.05, 4.69) is 22.2 Å². The summed E-state index contributed by atoms with van der Waals surface area (Å²) in [7, 11) is 0. The Labute approximate surface area is 111 Å². The van der Waals surface area contributed by atoms with E-state index in [1.165, 1.54) is 0 Å². The van der Waals surface area contributed by atoms with Gasteiger partial charge in [0.25, 0.3) is 0 Å². The molecule has 0 bridgehead atoms. The second kappa shape index (κ2) is 5.10. The predicted molar refractivity (Wildman–Crippen MR) is 75.0 cm³/mol. The third kappa shape index (κ3) is 2.57. The average Bonchev–Trinajstić information content (AvgIpc) is 2.92. The fraction of sp³-hybridized carbons (Fsp3) is 0.200. The molecule has 0 fully saturated rings. The highest BCUT2D eigenvalue weighted by molar-refractivity contribution is 5.88. The molecule has 4 nitrogen and oxygen atoms in total. The van der Waals surface area contributed by atoms with Gasteiger partial charge in [-0.25, -0.2) is 9.97 Å². The largest absolute Gasteiger partial charge is 0.469 e. The number of hydrogen-bond acceptors (Lipinski definition) is 4. The third-order valence-electron chi connectivity index (χ3n) is 3.01. The number of fused-ring (bicyclic) bond motifs is 1. The van der Waals surface area contributed by atoms with Crippen LogP contribution in [0.15, 0.2) is 53.4 Å². The lowest BCUT2D eigenvalue weighted by Gasteiger charge is -2.14. The minimum absolute atomic E-state index is 0.240. The summed E-state index contributed by atoms with van der Waals surface area (Å²) >= 11 is 0. The molecule has 2 aromatic heterocycles. The van der Waals surface area contributed by atoms with Gasteiger partial charge >= 0.3 is 0 Å². The van der Waals surface area contributed by atoms with Crippen LogP contribution in [0.5, 0.6) is 0 Å². The minimum Gasteiger partial charge on any atom is -0.469 e. The Morgan fingerprint density at radius 3 is 2.89 bits per heavy atom. The molecular weight excluding hydrogens is 238 g/mol. The Balaban J connectivity index is 1.81. The van der Waals surface area contributed by atoms with Gasteiger partial charge in [-0.2, -0.15) is 0 Å². The molecule has 96 valence electrons. The molecule has 0 radical (unpaired) electrons. The van der Waals surface area contributed by atoms with E-state index in [0.717, 1.165) is 28.9 Å². The van der Waals surface area contributed by atoms with Crippen LogP contribution in [0.4, 0.5) is 5.82 Å². The van der Waals surface area contributed by atoms with Gasteiger partial charge in [0, 0.05) is 17.8 Å². The monoisotopic (exact) mass is 253 g/mol. The van der Waals surface area contributed by atoms with E-state index in [1.807, 2.05) is 36.4 Å². The normalized spacial score (nSPS) is 12.5. The molecule has 0 aliphatic heterocycles. The average molecular weight is 253 g/mol. The van der Waals surface area contributed by atoms with Crippen molar-refractivity contribution in [1.29, 1.82) is 0 Å². The van der Waals surface area contributed by atoms with Gasteiger partial charge in [-0.15, -0.1) is 0 Å². The molecule has 1 N–H and O–H groups in total. The molecule has 3 rings (SSSR count). The summed E-state index contributed by atoms with van der Waals surface area (Å²) in [6, 6.07) is 12.1. The fourth-order valence-corrected chi connectivity index (χ4v) is 2.13. The van der Waals surface area contributed by atoms with Crippen LogP contribution in [0, 0.1) is 0 Å². The van der Waals surface area contributed by atoms with Gasteiger partial charge in [0.1, 0.15) is 17.9 Å².